The Hall–Kier alpha value is -0.450. The van der Waals surface area contributed by atoms with Gasteiger partial charge in [0, 0.05) is 37.3 Å². The van der Waals surface area contributed by atoms with E-state index >= 15 is 0 Å². The molecule has 2 rings (SSSR count). The van der Waals surface area contributed by atoms with Crippen molar-refractivity contribution in [2.24, 2.45) is 0 Å². The number of hydrogen-bond donors (Lipinski definition) is 1. The summed E-state index contributed by atoms with van der Waals surface area (Å²) in [7, 11) is 0. The third kappa shape index (κ3) is 2.22. The summed E-state index contributed by atoms with van der Waals surface area (Å²) in [5.41, 5.74) is 1.22. The molecule has 84 valence electrons. The van der Waals surface area contributed by atoms with Crippen molar-refractivity contribution in [2.75, 3.05) is 26.2 Å². The summed E-state index contributed by atoms with van der Waals surface area (Å²) in [6.45, 7) is 11.0. The van der Waals surface area contributed by atoms with Crippen molar-refractivity contribution < 1.29 is 0 Å². The summed E-state index contributed by atoms with van der Waals surface area (Å²) in [5.74, 6) is 0. The highest BCUT2D eigenvalue weighted by atomic mass is 32.1. The van der Waals surface area contributed by atoms with Crippen LogP contribution in [0.4, 0.5) is 0 Å². The molecule has 1 aromatic rings. The highest BCUT2D eigenvalue weighted by Crippen LogP contribution is 2.30. The third-order valence-electron chi connectivity index (χ3n) is 3.05. The average Bonchev–Trinajstić information content (AvgIpc) is 2.67. The Morgan fingerprint density at radius 2 is 2.07 bits per heavy atom. The zero-order valence-electron chi connectivity index (χ0n) is 9.71. The summed E-state index contributed by atoms with van der Waals surface area (Å²) in [6, 6.07) is 0. The van der Waals surface area contributed by atoms with Gasteiger partial charge >= 0.3 is 0 Å². The summed E-state index contributed by atoms with van der Waals surface area (Å²) in [5, 5.41) is 6.76. The summed E-state index contributed by atoms with van der Waals surface area (Å²) in [6.07, 6.45) is 0. The van der Waals surface area contributed by atoms with Crippen LogP contribution >= 0.6 is 11.3 Å². The number of hydrogen-bond acceptors (Lipinski definition) is 4. The lowest BCUT2D eigenvalue weighted by atomic mass is 10.0. The number of piperazine rings is 1. The van der Waals surface area contributed by atoms with Gasteiger partial charge in [-0.05, 0) is 20.8 Å². The lowest BCUT2D eigenvalue weighted by molar-refractivity contribution is 0.102. The van der Waals surface area contributed by atoms with Crippen molar-refractivity contribution in [3.8, 4) is 0 Å². The molecular weight excluding hydrogens is 206 g/mol. The molecule has 0 spiro atoms. The largest absolute Gasteiger partial charge is 0.314 e. The Labute approximate surface area is 95.5 Å². The van der Waals surface area contributed by atoms with Crippen molar-refractivity contribution in [3.05, 3.63) is 16.1 Å². The maximum Gasteiger partial charge on any atom is 0.113 e. The maximum atomic E-state index is 4.61. The van der Waals surface area contributed by atoms with Gasteiger partial charge in [0.25, 0.3) is 0 Å². The topological polar surface area (TPSA) is 28.2 Å². The molecule has 15 heavy (non-hydrogen) atoms. The van der Waals surface area contributed by atoms with Gasteiger partial charge in [-0.25, -0.2) is 4.98 Å². The van der Waals surface area contributed by atoms with Crippen LogP contribution in [0.1, 0.15) is 24.5 Å². The van der Waals surface area contributed by atoms with E-state index in [9.17, 15) is 0 Å². The molecule has 0 radical (unpaired) electrons. The fraction of sp³-hybridized carbons (Fsp3) is 0.727. The van der Waals surface area contributed by atoms with Crippen LogP contribution in [0.2, 0.25) is 0 Å². The van der Waals surface area contributed by atoms with Gasteiger partial charge in [0.2, 0.25) is 0 Å². The van der Waals surface area contributed by atoms with Gasteiger partial charge in [-0.1, -0.05) is 0 Å². The number of aryl methyl sites for hydroxylation is 1. The van der Waals surface area contributed by atoms with E-state index in [4.69, 9.17) is 0 Å². The van der Waals surface area contributed by atoms with Crippen molar-refractivity contribution in [3.63, 3.8) is 0 Å². The van der Waals surface area contributed by atoms with Gasteiger partial charge in [-0.3, -0.25) is 4.90 Å². The van der Waals surface area contributed by atoms with Crippen LogP contribution in [0.15, 0.2) is 5.38 Å². The Bertz CT molecular complexity index is 326. The van der Waals surface area contributed by atoms with Gasteiger partial charge in [-0.2, -0.15) is 0 Å². The number of rotatable bonds is 2. The Morgan fingerprint density at radius 1 is 1.40 bits per heavy atom. The first kappa shape index (κ1) is 11.0. The highest BCUT2D eigenvalue weighted by molar-refractivity contribution is 7.09. The lowest BCUT2D eigenvalue weighted by Gasteiger charge is -2.39. The third-order valence-corrected chi connectivity index (χ3v) is 4.32. The zero-order chi connectivity index (χ0) is 10.9. The molecule has 1 aliphatic heterocycles. The minimum absolute atomic E-state index is 0.0844. The van der Waals surface area contributed by atoms with E-state index in [2.05, 4.69) is 41.4 Å². The fourth-order valence-corrected chi connectivity index (χ4v) is 2.94. The first-order chi connectivity index (χ1) is 7.10. The van der Waals surface area contributed by atoms with Crippen molar-refractivity contribution >= 4 is 11.3 Å². The number of nitrogens with zero attached hydrogens (tertiary/aromatic N) is 2. The van der Waals surface area contributed by atoms with E-state index in [1.165, 1.54) is 5.01 Å². The predicted octanol–water partition coefficient (Wildman–Crippen LogP) is 1.59. The molecule has 0 aliphatic carbocycles. The van der Waals surface area contributed by atoms with Crippen molar-refractivity contribution in [2.45, 2.75) is 26.3 Å². The van der Waals surface area contributed by atoms with Gasteiger partial charge < -0.3 is 5.32 Å². The number of nitrogens with one attached hydrogen (secondary N) is 1. The molecule has 3 nitrogen and oxygen atoms in total. The molecule has 1 saturated heterocycles. The van der Waals surface area contributed by atoms with Crippen LogP contribution in [-0.2, 0) is 5.54 Å². The molecular formula is C11H19N3S. The van der Waals surface area contributed by atoms with Crippen LogP contribution in [0.25, 0.3) is 0 Å². The molecule has 1 N–H and O–H groups in total. The molecule has 2 heterocycles. The van der Waals surface area contributed by atoms with Crippen LogP contribution in [-0.4, -0.2) is 36.1 Å². The minimum Gasteiger partial charge on any atom is -0.314 e. The van der Waals surface area contributed by atoms with E-state index in [1.807, 2.05) is 0 Å². The molecule has 1 aliphatic rings. The second kappa shape index (κ2) is 4.20. The van der Waals surface area contributed by atoms with Gasteiger partial charge in [0.15, 0.2) is 0 Å². The van der Waals surface area contributed by atoms with E-state index in [-0.39, 0.29) is 5.54 Å². The van der Waals surface area contributed by atoms with E-state index in [0.717, 1.165) is 31.9 Å². The van der Waals surface area contributed by atoms with E-state index in [1.54, 1.807) is 11.3 Å². The maximum absolute atomic E-state index is 4.61. The van der Waals surface area contributed by atoms with Crippen LogP contribution in [0.5, 0.6) is 0 Å². The quantitative estimate of drug-likeness (QED) is 0.828. The normalized spacial score (nSPS) is 19.4. The summed E-state index contributed by atoms with van der Waals surface area (Å²) in [4.78, 5) is 7.13. The predicted molar refractivity (Wildman–Crippen MR) is 64.3 cm³/mol. The van der Waals surface area contributed by atoms with Gasteiger partial charge in [0.1, 0.15) is 5.01 Å². The van der Waals surface area contributed by atoms with E-state index < -0.39 is 0 Å². The SMILES string of the molecule is Cc1csc(C(C)(C)N2CCNCC2)n1. The van der Waals surface area contributed by atoms with Gasteiger partial charge in [-0.15, -0.1) is 11.3 Å². The second-order valence-electron chi connectivity index (χ2n) is 4.59. The standard InChI is InChI=1S/C11H19N3S/c1-9-8-15-10(13-9)11(2,3)14-6-4-12-5-7-14/h8,12H,4-7H2,1-3H3. The number of aromatic nitrogens is 1. The van der Waals surface area contributed by atoms with Crippen LogP contribution in [0, 0.1) is 6.92 Å². The molecule has 0 aromatic carbocycles. The molecule has 0 saturated carbocycles. The fourth-order valence-electron chi connectivity index (χ4n) is 1.99. The molecule has 0 unspecified atom stereocenters. The van der Waals surface area contributed by atoms with Crippen LogP contribution < -0.4 is 5.32 Å². The monoisotopic (exact) mass is 225 g/mol. The smallest absolute Gasteiger partial charge is 0.113 e. The van der Waals surface area contributed by atoms with E-state index in [0.29, 0.717) is 0 Å². The first-order valence-electron chi connectivity index (χ1n) is 5.49. The van der Waals surface area contributed by atoms with Gasteiger partial charge in [0.05, 0.1) is 5.54 Å². The second-order valence-corrected chi connectivity index (χ2v) is 5.45. The number of thiazole rings is 1. The molecule has 1 aromatic heterocycles. The zero-order valence-corrected chi connectivity index (χ0v) is 10.5. The summed E-state index contributed by atoms with van der Waals surface area (Å²) >= 11 is 1.78. The van der Waals surface area contributed by atoms with Crippen molar-refractivity contribution in [1.29, 1.82) is 0 Å². The molecule has 0 bridgehead atoms. The average molecular weight is 225 g/mol. The van der Waals surface area contributed by atoms with Crippen molar-refractivity contribution in [1.82, 2.24) is 15.2 Å². The lowest BCUT2D eigenvalue weighted by Crippen LogP contribution is -2.51. The molecule has 4 heteroatoms. The molecule has 0 atom stereocenters. The summed E-state index contributed by atoms with van der Waals surface area (Å²) < 4.78 is 0. The highest BCUT2D eigenvalue weighted by Gasteiger charge is 2.31. The minimum atomic E-state index is 0.0844. The van der Waals surface area contributed by atoms with Crippen LogP contribution in [0.3, 0.4) is 0 Å². The Morgan fingerprint density at radius 3 is 2.60 bits per heavy atom. The Balaban J connectivity index is 2.17. The Kier molecular flexibility index (Phi) is 3.09. The molecule has 1 fully saturated rings. The first-order valence-corrected chi connectivity index (χ1v) is 6.37. The molecule has 0 amide bonds.